The Morgan fingerprint density at radius 1 is 0.605 bits per heavy atom. The van der Waals surface area contributed by atoms with Crippen molar-refractivity contribution < 1.29 is 0 Å². The first-order chi connectivity index (χ1) is 18.7. The van der Waals surface area contributed by atoms with Gasteiger partial charge < -0.3 is 9.88 Å². The van der Waals surface area contributed by atoms with E-state index in [9.17, 15) is 0 Å². The Bertz CT molecular complexity index is 1820. The van der Waals surface area contributed by atoms with Gasteiger partial charge >= 0.3 is 0 Å². The molecule has 0 saturated carbocycles. The van der Waals surface area contributed by atoms with Gasteiger partial charge in [0.2, 0.25) is 0 Å². The minimum absolute atomic E-state index is 0.919. The summed E-state index contributed by atoms with van der Waals surface area (Å²) >= 11 is 0. The molecular weight excluding hydrogens is 460 g/mol. The highest BCUT2D eigenvalue weighted by molar-refractivity contribution is 6.08. The van der Waals surface area contributed by atoms with Crippen molar-refractivity contribution in [2.45, 2.75) is 6.42 Å². The molecule has 0 spiro atoms. The Kier molecular flexibility index (Phi) is 5.44. The summed E-state index contributed by atoms with van der Waals surface area (Å²) in [6.07, 6.45) is 5.38. The first-order valence-electron chi connectivity index (χ1n) is 13.2. The Hall–Kier alpha value is -4.82. The molecule has 6 aromatic rings. The van der Waals surface area contributed by atoms with Crippen LogP contribution in [-0.4, -0.2) is 11.5 Å². The number of benzene rings is 5. The SMILES string of the molecule is C=C1/C=C\CCN(c2ccc(-c3ccccc3)cc2)c2ccc(-c3ccc4[nH]c5ccccc5c4c3)cc21. The van der Waals surface area contributed by atoms with E-state index in [2.05, 4.69) is 144 Å². The number of hydrogen-bond donors (Lipinski definition) is 1. The number of aromatic nitrogens is 1. The zero-order valence-electron chi connectivity index (χ0n) is 21.2. The zero-order chi connectivity index (χ0) is 25.5. The number of anilines is 2. The number of fused-ring (bicyclic) bond motifs is 4. The summed E-state index contributed by atoms with van der Waals surface area (Å²) in [6.45, 7) is 5.36. The summed E-state index contributed by atoms with van der Waals surface area (Å²) in [6, 6.07) is 41.5. The summed E-state index contributed by atoms with van der Waals surface area (Å²) in [4.78, 5) is 5.96. The van der Waals surface area contributed by atoms with Crippen LogP contribution >= 0.6 is 0 Å². The average Bonchev–Trinajstić information content (AvgIpc) is 3.35. The van der Waals surface area contributed by atoms with Crippen molar-refractivity contribution in [1.29, 1.82) is 0 Å². The van der Waals surface area contributed by atoms with Gasteiger partial charge in [-0.25, -0.2) is 0 Å². The normalized spacial score (nSPS) is 14.3. The van der Waals surface area contributed by atoms with Gasteiger partial charge in [-0.2, -0.15) is 0 Å². The molecule has 2 nitrogen and oxygen atoms in total. The number of nitrogens with one attached hydrogen (secondary N) is 1. The molecule has 0 atom stereocenters. The summed E-state index contributed by atoms with van der Waals surface area (Å²) < 4.78 is 0. The van der Waals surface area contributed by atoms with Gasteiger partial charge in [0.05, 0.1) is 0 Å². The van der Waals surface area contributed by atoms with Gasteiger partial charge in [0.1, 0.15) is 0 Å². The Labute approximate surface area is 223 Å². The van der Waals surface area contributed by atoms with Crippen LogP contribution in [0.4, 0.5) is 11.4 Å². The number of para-hydroxylation sites is 1. The second-order valence-corrected chi connectivity index (χ2v) is 9.94. The lowest BCUT2D eigenvalue weighted by molar-refractivity contribution is 0.936. The molecule has 5 aromatic carbocycles. The van der Waals surface area contributed by atoms with Gasteiger partial charge in [-0.05, 0) is 76.7 Å². The molecule has 1 aliphatic rings. The average molecular weight is 489 g/mol. The molecule has 0 aliphatic carbocycles. The third kappa shape index (κ3) is 3.91. The molecule has 182 valence electrons. The first-order valence-corrected chi connectivity index (χ1v) is 13.2. The van der Waals surface area contributed by atoms with E-state index in [1.165, 1.54) is 61.0 Å². The highest BCUT2D eigenvalue weighted by Crippen LogP contribution is 2.39. The second-order valence-electron chi connectivity index (χ2n) is 9.94. The molecule has 1 N–H and O–H groups in total. The van der Waals surface area contributed by atoms with E-state index in [1.807, 2.05) is 0 Å². The number of aromatic amines is 1. The monoisotopic (exact) mass is 488 g/mol. The molecule has 0 unspecified atom stereocenters. The summed E-state index contributed by atoms with van der Waals surface area (Å²) in [5, 5.41) is 2.51. The molecule has 1 aliphatic heterocycles. The standard InChI is InChI=1S/C36H28N2/c1-25-9-7-8-22-38(30-18-14-27(15-19-30)26-10-3-2-4-11-26)36-21-17-29(23-32(25)36)28-16-20-35-33(24-28)31-12-5-6-13-34(31)37-35/h2-7,9-21,23-24,37H,1,8,22H2/b9-7-. The third-order valence-corrected chi connectivity index (χ3v) is 7.60. The molecular formula is C36H28N2. The molecule has 0 radical (unpaired) electrons. The van der Waals surface area contributed by atoms with Crippen LogP contribution in [0.1, 0.15) is 12.0 Å². The fourth-order valence-electron chi connectivity index (χ4n) is 5.61. The predicted octanol–water partition coefficient (Wildman–Crippen LogP) is 9.77. The Morgan fingerprint density at radius 3 is 2.16 bits per heavy atom. The molecule has 0 amide bonds. The van der Waals surface area contributed by atoms with Crippen molar-refractivity contribution in [3.8, 4) is 22.3 Å². The summed E-state index contributed by atoms with van der Waals surface area (Å²) in [5.41, 5.74) is 11.8. The van der Waals surface area contributed by atoms with Gasteiger partial charge in [0.15, 0.2) is 0 Å². The van der Waals surface area contributed by atoms with E-state index in [4.69, 9.17) is 0 Å². The maximum atomic E-state index is 4.44. The lowest BCUT2D eigenvalue weighted by Crippen LogP contribution is -2.20. The van der Waals surface area contributed by atoms with Crippen molar-refractivity contribution in [2.75, 3.05) is 11.4 Å². The molecule has 7 rings (SSSR count). The molecule has 38 heavy (non-hydrogen) atoms. The number of hydrogen-bond acceptors (Lipinski definition) is 1. The lowest BCUT2D eigenvalue weighted by Gasteiger charge is -2.29. The van der Waals surface area contributed by atoms with Crippen LogP contribution < -0.4 is 4.90 Å². The fourth-order valence-corrected chi connectivity index (χ4v) is 5.61. The third-order valence-electron chi connectivity index (χ3n) is 7.60. The molecule has 1 aromatic heterocycles. The topological polar surface area (TPSA) is 19.0 Å². The Balaban J connectivity index is 1.30. The molecule has 2 heteroatoms. The van der Waals surface area contributed by atoms with Gasteiger partial charge in [-0.3, -0.25) is 0 Å². The molecule has 2 heterocycles. The van der Waals surface area contributed by atoms with E-state index >= 15 is 0 Å². The maximum Gasteiger partial charge on any atom is 0.0490 e. The van der Waals surface area contributed by atoms with Gasteiger partial charge in [-0.1, -0.05) is 91.5 Å². The largest absolute Gasteiger partial charge is 0.355 e. The van der Waals surface area contributed by atoms with E-state index in [0.717, 1.165) is 18.5 Å². The zero-order valence-corrected chi connectivity index (χ0v) is 21.2. The van der Waals surface area contributed by atoms with E-state index < -0.39 is 0 Å². The molecule has 0 bridgehead atoms. The van der Waals surface area contributed by atoms with E-state index in [-0.39, 0.29) is 0 Å². The highest BCUT2D eigenvalue weighted by Gasteiger charge is 2.17. The minimum Gasteiger partial charge on any atom is -0.355 e. The summed E-state index contributed by atoms with van der Waals surface area (Å²) in [7, 11) is 0. The van der Waals surface area contributed by atoms with Crippen LogP contribution in [0.15, 0.2) is 134 Å². The predicted molar refractivity (Wildman–Crippen MR) is 163 cm³/mol. The number of H-pyrrole nitrogens is 1. The van der Waals surface area contributed by atoms with Crippen molar-refractivity contribution in [3.05, 3.63) is 140 Å². The minimum atomic E-state index is 0.919. The van der Waals surface area contributed by atoms with Crippen molar-refractivity contribution in [2.24, 2.45) is 0 Å². The van der Waals surface area contributed by atoms with Crippen molar-refractivity contribution in [3.63, 3.8) is 0 Å². The number of allylic oxidation sites excluding steroid dienone is 2. The summed E-state index contributed by atoms with van der Waals surface area (Å²) in [5.74, 6) is 0. The van der Waals surface area contributed by atoms with Gasteiger partial charge in [0, 0.05) is 45.3 Å². The van der Waals surface area contributed by atoms with Crippen LogP contribution in [0, 0.1) is 0 Å². The van der Waals surface area contributed by atoms with Crippen LogP contribution in [0.5, 0.6) is 0 Å². The number of nitrogens with zero attached hydrogens (tertiary/aromatic N) is 1. The van der Waals surface area contributed by atoms with Crippen molar-refractivity contribution in [1.82, 2.24) is 4.98 Å². The van der Waals surface area contributed by atoms with E-state index in [1.54, 1.807) is 0 Å². The quantitative estimate of drug-likeness (QED) is 0.263. The fraction of sp³-hybridized carbons (Fsp3) is 0.0556. The van der Waals surface area contributed by atoms with Crippen LogP contribution in [0.3, 0.4) is 0 Å². The highest BCUT2D eigenvalue weighted by atomic mass is 15.1. The second kappa shape index (κ2) is 9.24. The van der Waals surface area contributed by atoms with Crippen LogP contribution in [0.2, 0.25) is 0 Å². The van der Waals surface area contributed by atoms with Crippen molar-refractivity contribution >= 4 is 38.8 Å². The first kappa shape index (κ1) is 22.4. The van der Waals surface area contributed by atoms with Crippen LogP contribution in [-0.2, 0) is 0 Å². The van der Waals surface area contributed by atoms with Gasteiger partial charge in [0.25, 0.3) is 0 Å². The van der Waals surface area contributed by atoms with Crippen LogP contribution in [0.25, 0.3) is 49.6 Å². The maximum absolute atomic E-state index is 4.44. The van der Waals surface area contributed by atoms with Gasteiger partial charge in [-0.15, -0.1) is 0 Å². The Morgan fingerprint density at radius 2 is 1.29 bits per heavy atom. The number of rotatable bonds is 3. The molecule has 0 fully saturated rings. The molecule has 0 saturated heterocycles. The lowest BCUT2D eigenvalue weighted by atomic mass is 9.95. The smallest absolute Gasteiger partial charge is 0.0490 e. The van der Waals surface area contributed by atoms with E-state index in [0.29, 0.717) is 0 Å².